The van der Waals surface area contributed by atoms with Crippen LogP contribution in [-0.2, 0) is 4.74 Å². The van der Waals surface area contributed by atoms with Crippen LogP contribution in [0.3, 0.4) is 0 Å². The molecule has 1 heterocycles. The highest BCUT2D eigenvalue weighted by Crippen LogP contribution is 2.22. The van der Waals surface area contributed by atoms with E-state index < -0.39 is 0 Å². The van der Waals surface area contributed by atoms with Crippen LogP contribution in [0.15, 0.2) is 22.7 Å². The summed E-state index contributed by atoms with van der Waals surface area (Å²) >= 11 is 3.33. The molecule has 1 amide bonds. The molecular weight excluding hydrogens is 296 g/mol. The molecule has 98 valence electrons. The number of nitrogens with two attached hydrogens (primary N) is 1. The van der Waals surface area contributed by atoms with Crippen LogP contribution in [0.1, 0.15) is 24.2 Å². The average molecular weight is 313 g/mol. The molecule has 0 bridgehead atoms. The maximum absolute atomic E-state index is 12.4. The second kappa shape index (κ2) is 5.28. The zero-order valence-corrected chi connectivity index (χ0v) is 12.1. The van der Waals surface area contributed by atoms with Gasteiger partial charge in [-0.1, -0.05) is 0 Å². The Morgan fingerprint density at radius 1 is 1.50 bits per heavy atom. The van der Waals surface area contributed by atoms with E-state index >= 15 is 0 Å². The van der Waals surface area contributed by atoms with Crippen LogP contribution in [0.2, 0.25) is 0 Å². The summed E-state index contributed by atoms with van der Waals surface area (Å²) in [6.07, 6.45) is 0.0814. The molecule has 2 unspecified atom stereocenters. The van der Waals surface area contributed by atoms with E-state index in [0.717, 1.165) is 4.47 Å². The Kier molecular flexibility index (Phi) is 3.92. The first-order valence-electron chi connectivity index (χ1n) is 5.96. The molecule has 1 aliphatic rings. The van der Waals surface area contributed by atoms with Gasteiger partial charge in [0, 0.05) is 22.3 Å². The number of anilines is 1. The second-order valence-corrected chi connectivity index (χ2v) is 5.54. The molecule has 1 aromatic carbocycles. The van der Waals surface area contributed by atoms with Crippen LogP contribution < -0.4 is 5.73 Å². The van der Waals surface area contributed by atoms with Gasteiger partial charge in [0.15, 0.2) is 0 Å². The molecule has 0 aromatic heterocycles. The van der Waals surface area contributed by atoms with Crippen molar-refractivity contribution >= 4 is 27.5 Å². The monoisotopic (exact) mass is 312 g/mol. The van der Waals surface area contributed by atoms with E-state index in [1.54, 1.807) is 18.2 Å². The Labute approximate surface area is 115 Å². The van der Waals surface area contributed by atoms with Gasteiger partial charge in [-0.2, -0.15) is 0 Å². The molecule has 5 heteroatoms. The lowest BCUT2D eigenvalue weighted by molar-refractivity contribution is -0.0387. The largest absolute Gasteiger partial charge is 0.398 e. The zero-order valence-electron chi connectivity index (χ0n) is 10.5. The molecule has 1 fully saturated rings. The Balaban J connectivity index is 2.21. The Hall–Kier alpha value is -1.07. The molecular formula is C13H17BrN2O2. The number of nitrogens with zero attached hydrogens (tertiary/aromatic N) is 1. The van der Waals surface area contributed by atoms with Crippen LogP contribution in [0.5, 0.6) is 0 Å². The molecule has 2 rings (SSSR count). The molecule has 4 nitrogen and oxygen atoms in total. The molecule has 0 spiro atoms. The van der Waals surface area contributed by atoms with Crippen LogP contribution in [0, 0.1) is 0 Å². The molecule has 1 saturated heterocycles. The van der Waals surface area contributed by atoms with Crippen molar-refractivity contribution < 1.29 is 9.53 Å². The van der Waals surface area contributed by atoms with Crippen molar-refractivity contribution in [3.63, 3.8) is 0 Å². The fourth-order valence-corrected chi connectivity index (χ4v) is 2.28. The number of hydrogen-bond donors (Lipinski definition) is 1. The Morgan fingerprint density at radius 2 is 2.22 bits per heavy atom. The second-order valence-electron chi connectivity index (χ2n) is 4.69. The number of halogens is 1. The molecule has 0 aliphatic carbocycles. The van der Waals surface area contributed by atoms with Crippen LogP contribution >= 0.6 is 15.9 Å². The van der Waals surface area contributed by atoms with Gasteiger partial charge in [-0.25, -0.2) is 0 Å². The van der Waals surface area contributed by atoms with Gasteiger partial charge >= 0.3 is 0 Å². The highest BCUT2D eigenvalue weighted by molar-refractivity contribution is 9.10. The van der Waals surface area contributed by atoms with E-state index in [1.165, 1.54) is 0 Å². The normalized spacial score (nSPS) is 24.1. The van der Waals surface area contributed by atoms with Crippen molar-refractivity contribution in [2.45, 2.75) is 26.0 Å². The minimum absolute atomic E-state index is 0.0110. The van der Waals surface area contributed by atoms with Gasteiger partial charge < -0.3 is 15.4 Å². The smallest absolute Gasteiger partial charge is 0.254 e. The van der Waals surface area contributed by atoms with Gasteiger partial charge in [0.1, 0.15) is 0 Å². The zero-order chi connectivity index (χ0) is 13.3. The van der Waals surface area contributed by atoms with E-state index in [1.807, 2.05) is 18.7 Å². The predicted molar refractivity (Wildman–Crippen MR) is 74.5 cm³/mol. The number of hydrogen-bond acceptors (Lipinski definition) is 3. The Morgan fingerprint density at radius 3 is 2.89 bits per heavy atom. The molecule has 0 saturated carbocycles. The molecule has 1 aromatic rings. The summed E-state index contributed by atoms with van der Waals surface area (Å²) in [5.74, 6) is 0.0110. The van der Waals surface area contributed by atoms with Gasteiger partial charge in [0.25, 0.3) is 5.91 Å². The van der Waals surface area contributed by atoms with Crippen LogP contribution in [0.25, 0.3) is 0 Å². The third-order valence-electron chi connectivity index (χ3n) is 3.11. The summed E-state index contributed by atoms with van der Waals surface area (Å²) in [5, 5.41) is 0. The predicted octanol–water partition coefficient (Wildman–Crippen LogP) is 2.28. The van der Waals surface area contributed by atoms with E-state index in [4.69, 9.17) is 10.5 Å². The molecule has 1 aliphatic heterocycles. The molecule has 2 N–H and O–H groups in total. The maximum Gasteiger partial charge on any atom is 0.254 e. The number of rotatable bonds is 1. The van der Waals surface area contributed by atoms with Crippen LogP contribution in [-0.4, -0.2) is 36.1 Å². The first-order valence-corrected chi connectivity index (χ1v) is 6.76. The van der Waals surface area contributed by atoms with Crippen molar-refractivity contribution in [2.75, 3.05) is 18.9 Å². The van der Waals surface area contributed by atoms with Crippen LogP contribution in [0.4, 0.5) is 5.69 Å². The third kappa shape index (κ3) is 2.67. The summed E-state index contributed by atoms with van der Waals surface area (Å²) in [6, 6.07) is 5.39. The summed E-state index contributed by atoms with van der Waals surface area (Å²) in [4.78, 5) is 14.3. The number of carbonyl (C=O) groups excluding carboxylic acids is 1. The van der Waals surface area contributed by atoms with Gasteiger partial charge in [-0.15, -0.1) is 0 Å². The van der Waals surface area contributed by atoms with Crippen molar-refractivity contribution in [2.24, 2.45) is 0 Å². The number of carbonyl (C=O) groups is 1. The number of morpholine rings is 1. The lowest BCUT2D eigenvalue weighted by atomic mass is 10.1. The van der Waals surface area contributed by atoms with E-state index in [-0.39, 0.29) is 18.1 Å². The third-order valence-corrected chi connectivity index (χ3v) is 3.83. The SMILES string of the molecule is CC1CN(C(=O)c2ccc(Br)c(N)c2)C(C)CO1. The van der Waals surface area contributed by atoms with E-state index in [0.29, 0.717) is 24.4 Å². The van der Waals surface area contributed by atoms with E-state index in [2.05, 4.69) is 15.9 Å². The minimum atomic E-state index is 0.0110. The molecule has 2 atom stereocenters. The minimum Gasteiger partial charge on any atom is -0.398 e. The standard InChI is InChI=1S/C13H17BrN2O2/c1-8-7-18-9(2)6-16(8)13(17)10-3-4-11(14)12(15)5-10/h3-5,8-9H,6-7,15H2,1-2H3. The first-order chi connectivity index (χ1) is 8.49. The number of amides is 1. The first kappa shape index (κ1) is 13.4. The summed E-state index contributed by atoms with van der Waals surface area (Å²) in [5.41, 5.74) is 7.01. The van der Waals surface area contributed by atoms with Crippen molar-refractivity contribution in [1.82, 2.24) is 4.90 Å². The average Bonchev–Trinajstić information content (AvgIpc) is 2.35. The summed E-state index contributed by atoms with van der Waals surface area (Å²) in [7, 11) is 0. The maximum atomic E-state index is 12.4. The van der Waals surface area contributed by atoms with Gasteiger partial charge in [0.2, 0.25) is 0 Å². The number of benzene rings is 1. The van der Waals surface area contributed by atoms with E-state index in [9.17, 15) is 4.79 Å². The summed E-state index contributed by atoms with van der Waals surface area (Å²) < 4.78 is 6.33. The highest BCUT2D eigenvalue weighted by Gasteiger charge is 2.28. The topological polar surface area (TPSA) is 55.6 Å². The Bertz CT molecular complexity index is 464. The number of ether oxygens (including phenoxy) is 1. The van der Waals surface area contributed by atoms with Gasteiger partial charge in [-0.3, -0.25) is 4.79 Å². The van der Waals surface area contributed by atoms with Crippen molar-refractivity contribution in [3.05, 3.63) is 28.2 Å². The molecule has 0 radical (unpaired) electrons. The number of nitrogen functional groups attached to an aromatic ring is 1. The fraction of sp³-hybridized carbons (Fsp3) is 0.462. The fourth-order valence-electron chi connectivity index (χ4n) is 2.03. The van der Waals surface area contributed by atoms with Crippen molar-refractivity contribution in [1.29, 1.82) is 0 Å². The molecule has 18 heavy (non-hydrogen) atoms. The highest BCUT2D eigenvalue weighted by atomic mass is 79.9. The quantitative estimate of drug-likeness (QED) is 0.809. The van der Waals surface area contributed by atoms with Gasteiger partial charge in [0.05, 0.1) is 18.8 Å². The van der Waals surface area contributed by atoms with Gasteiger partial charge in [-0.05, 0) is 48.0 Å². The van der Waals surface area contributed by atoms with Crippen molar-refractivity contribution in [3.8, 4) is 0 Å². The lowest BCUT2D eigenvalue weighted by Crippen LogP contribution is -2.50. The summed E-state index contributed by atoms with van der Waals surface area (Å²) in [6.45, 7) is 5.17. The lowest BCUT2D eigenvalue weighted by Gasteiger charge is -2.36.